The van der Waals surface area contributed by atoms with E-state index < -0.39 is 23.5 Å². The summed E-state index contributed by atoms with van der Waals surface area (Å²) in [4.78, 5) is 44.3. The molecule has 0 aliphatic carbocycles. The molecule has 2 saturated heterocycles. The Morgan fingerprint density at radius 1 is 1.12 bits per heavy atom. The number of aryl methyl sites for hydroxylation is 2. The molecule has 0 unspecified atom stereocenters. The van der Waals surface area contributed by atoms with Gasteiger partial charge in [-0.2, -0.15) is 0 Å². The molecule has 2 amide bonds. The maximum absolute atomic E-state index is 14.1. The normalized spacial score (nSPS) is 27.6. The maximum atomic E-state index is 14.1. The number of hydrogen-bond acceptors (Lipinski definition) is 5. The quantitative estimate of drug-likeness (QED) is 0.653. The van der Waals surface area contributed by atoms with Crippen molar-refractivity contribution >= 4 is 17.8 Å². The van der Waals surface area contributed by atoms with Gasteiger partial charge in [0.1, 0.15) is 17.8 Å². The number of rotatable bonds is 4. The highest BCUT2D eigenvalue weighted by Gasteiger charge is 2.69. The third-order valence-electron chi connectivity index (χ3n) is 7.48. The smallest absolute Gasteiger partial charge is 0.312 e. The van der Waals surface area contributed by atoms with Gasteiger partial charge in [-0.05, 0) is 39.3 Å². The molecular formula is C27H30N2O5. The molecule has 7 heteroatoms. The minimum atomic E-state index is -1.35. The molecule has 7 nitrogen and oxygen atoms in total. The largest absolute Gasteiger partial charge is 0.493 e. The molecule has 34 heavy (non-hydrogen) atoms. The highest BCUT2D eigenvalue weighted by atomic mass is 16.5. The van der Waals surface area contributed by atoms with E-state index in [0.717, 1.165) is 22.3 Å². The van der Waals surface area contributed by atoms with Gasteiger partial charge in [-0.1, -0.05) is 47.5 Å². The van der Waals surface area contributed by atoms with E-state index in [9.17, 15) is 14.4 Å². The summed E-state index contributed by atoms with van der Waals surface area (Å²) in [6.45, 7) is 8.19. The van der Waals surface area contributed by atoms with Crippen LogP contribution in [0.25, 0.3) is 0 Å². The van der Waals surface area contributed by atoms with Crippen LogP contribution in [0.5, 0.6) is 5.75 Å². The highest BCUT2D eigenvalue weighted by Crippen LogP contribution is 2.56. The summed E-state index contributed by atoms with van der Waals surface area (Å²) in [6, 6.07) is 13.3. The van der Waals surface area contributed by atoms with Gasteiger partial charge in [-0.25, -0.2) is 0 Å². The fourth-order valence-corrected chi connectivity index (χ4v) is 5.96. The summed E-state index contributed by atoms with van der Waals surface area (Å²) in [6.07, 6.45) is 0. The van der Waals surface area contributed by atoms with Crippen molar-refractivity contribution in [2.75, 3.05) is 19.8 Å². The number of ether oxygens (including phenoxy) is 2. The lowest BCUT2D eigenvalue weighted by atomic mass is 9.77. The van der Waals surface area contributed by atoms with Gasteiger partial charge in [-0.15, -0.1) is 0 Å². The van der Waals surface area contributed by atoms with Crippen LogP contribution in [-0.2, 0) is 25.7 Å². The molecule has 0 N–H and O–H groups in total. The molecule has 2 aromatic carbocycles. The van der Waals surface area contributed by atoms with Crippen LogP contribution >= 0.6 is 0 Å². The Kier molecular flexibility index (Phi) is 5.38. The molecule has 4 atom stereocenters. The minimum Gasteiger partial charge on any atom is -0.493 e. The van der Waals surface area contributed by atoms with E-state index in [1.165, 1.54) is 0 Å². The van der Waals surface area contributed by atoms with Crippen LogP contribution in [-0.4, -0.2) is 52.9 Å². The van der Waals surface area contributed by atoms with Crippen LogP contribution in [0.4, 0.5) is 0 Å². The number of carbonyl (C=O) groups is 3. The van der Waals surface area contributed by atoms with Gasteiger partial charge in [0, 0.05) is 18.0 Å². The van der Waals surface area contributed by atoms with Crippen LogP contribution in [0, 0.1) is 25.7 Å². The van der Waals surface area contributed by atoms with Crippen molar-refractivity contribution in [3.63, 3.8) is 0 Å². The number of esters is 1. The molecule has 178 valence electrons. The number of benzene rings is 2. The van der Waals surface area contributed by atoms with Gasteiger partial charge in [0.25, 0.3) is 0 Å². The number of nitrogens with zero attached hydrogens (tertiary/aromatic N) is 2. The standard InChI is InChI=1S/C27H30N2O5/c1-5-33-25(31)23-20-15-34-21-11-8-17(3)12-19(21)24(20)29-22(30)14-28(26(32)27(23,29)4)13-18-9-6-16(2)7-10-18/h6-12,20,23-24H,5,13-15H2,1-4H3/t20-,23-,24+,27-/m1/s1. The predicted octanol–water partition coefficient (Wildman–Crippen LogP) is 3.18. The number of piperazine rings is 1. The Morgan fingerprint density at radius 3 is 2.53 bits per heavy atom. The predicted molar refractivity (Wildman–Crippen MR) is 125 cm³/mol. The van der Waals surface area contributed by atoms with E-state index in [1.54, 1.807) is 23.6 Å². The van der Waals surface area contributed by atoms with Crippen molar-refractivity contribution in [3.05, 3.63) is 64.7 Å². The molecule has 0 spiro atoms. The van der Waals surface area contributed by atoms with Crippen molar-refractivity contribution < 1.29 is 23.9 Å². The van der Waals surface area contributed by atoms with Crippen LogP contribution < -0.4 is 4.74 Å². The third-order valence-corrected chi connectivity index (χ3v) is 7.48. The minimum absolute atomic E-state index is 0.0247. The van der Waals surface area contributed by atoms with Gasteiger partial charge >= 0.3 is 5.97 Å². The Bertz CT molecular complexity index is 1160. The second-order valence-electron chi connectivity index (χ2n) is 9.75. The first-order valence-electron chi connectivity index (χ1n) is 11.8. The SMILES string of the molecule is CCOC(=O)[C@H]1[C@H]2COc3ccc(C)cc3[C@@H]2N2C(=O)CN(Cc3ccc(C)cc3)C(=O)[C@@]12C. The Labute approximate surface area is 199 Å². The maximum Gasteiger partial charge on any atom is 0.312 e. The first-order valence-corrected chi connectivity index (χ1v) is 11.8. The van der Waals surface area contributed by atoms with Crippen LogP contribution in [0.3, 0.4) is 0 Å². The second-order valence-corrected chi connectivity index (χ2v) is 9.75. The molecule has 3 aliphatic heterocycles. The topological polar surface area (TPSA) is 76.2 Å². The molecular weight excluding hydrogens is 432 g/mol. The van der Waals surface area contributed by atoms with Gasteiger partial charge in [0.2, 0.25) is 11.8 Å². The molecule has 0 bridgehead atoms. The second kappa shape index (κ2) is 8.15. The van der Waals surface area contributed by atoms with Gasteiger partial charge in [-0.3, -0.25) is 14.4 Å². The lowest BCUT2D eigenvalue weighted by Crippen LogP contribution is -2.67. The third kappa shape index (κ3) is 3.29. The average molecular weight is 463 g/mol. The van der Waals surface area contributed by atoms with Crippen molar-refractivity contribution in [1.82, 2.24) is 9.80 Å². The first kappa shape index (κ1) is 22.4. The van der Waals surface area contributed by atoms with Crippen molar-refractivity contribution in [3.8, 4) is 5.75 Å². The van der Waals surface area contributed by atoms with E-state index >= 15 is 0 Å². The summed E-state index contributed by atoms with van der Waals surface area (Å²) >= 11 is 0. The molecule has 0 saturated carbocycles. The van der Waals surface area contributed by atoms with Crippen LogP contribution in [0.1, 0.15) is 42.1 Å². The number of amides is 2. The van der Waals surface area contributed by atoms with Gasteiger partial charge < -0.3 is 19.3 Å². The van der Waals surface area contributed by atoms with E-state index in [1.807, 2.05) is 56.3 Å². The fourth-order valence-electron chi connectivity index (χ4n) is 5.96. The molecule has 3 heterocycles. The van der Waals surface area contributed by atoms with E-state index in [0.29, 0.717) is 12.3 Å². The van der Waals surface area contributed by atoms with Crippen molar-refractivity contribution in [1.29, 1.82) is 0 Å². The van der Waals surface area contributed by atoms with E-state index in [4.69, 9.17) is 9.47 Å². The monoisotopic (exact) mass is 462 g/mol. The summed E-state index contributed by atoms with van der Waals surface area (Å²) in [5.74, 6) is -1.34. The van der Waals surface area contributed by atoms with E-state index in [2.05, 4.69) is 0 Å². The van der Waals surface area contributed by atoms with Gasteiger partial charge in [0.15, 0.2) is 0 Å². The Hall–Kier alpha value is -3.35. The molecule has 0 aromatic heterocycles. The lowest BCUT2D eigenvalue weighted by Gasteiger charge is -2.47. The number of carbonyl (C=O) groups excluding carboxylic acids is 3. The zero-order chi connectivity index (χ0) is 24.2. The zero-order valence-corrected chi connectivity index (χ0v) is 20.0. The molecule has 3 aliphatic rings. The highest BCUT2D eigenvalue weighted by molar-refractivity contribution is 6.02. The molecule has 5 rings (SSSR count). The molecule has 2 aromatic rings. The zero-order valence-electron chi connectivity index (χ0n) is 20.0. The van der Waals surface area contributed by atoms with Crippen LogP contribution in [0.2, 0.25) is 0 Å². The summed E-state index contributed by atoms with van der Waals surface area (Å²) in [5.41, 5.74) is 2.59. The first-order chi connectivity index (χ1) is 16.3. The average Bonchev–Trinajstić information content (AvgIpc) is 3.09. The molecule has 2 fully saturated rings. The van der Waals surface area contributed by atoms with Crippen molar-refractivity contribution in [2.24, 2.45) is 11.8 Å². The number of fused-ring (bicyclic) bond motifs is 5. The lowest BCUT2D eigenvalue weighted by molar-refractivity contribution is -0.170. The molecule has 0 radical (unpaired) electrons. The summed E-state index contributed by atoms with van der Waals surface area (Å²) in [5, 5.41) is 0. The Balaban J connectivity index is 1.59. The summed E-state index contributed by atoms with van der Waals surface area (Å²) < 4.78 is 11.5. The fraction of sp³-hybridized carbons (Fsp3) is 0.444. The van der Waals surface area contributed by atoms with Crippen molar-refractivity contribution in [2.45, 2.75) is 45.8 Å². The van der Waals surface area contributed by atoms with E-state index in [-0.39, 0.29) is 37.5 Å². The number of hydrogen-bond donors (Lipinski definition) is 0. The Morgan fingerprint density at radius 2 is 1.82 bits per heavy atom. The summed E-state index contributed by atoms with van der Waals surface area (Å²) in [7, 11) is 0. The van der Waals surface area contributed by atoms with Gasteiger partial charge in [0.05, 0.1) is 25.2 Å². The van der Waals surface area contributed by atoms with Crippen LogP contribution in [0.15, 0.2) is 42.5 Å².